The number of rotatable bonds is 5. The van der Waals surface area contributed by atoms with Crippen molar-refractivity contribution in [3.8, 4) is 0 Å². The van der Waals surface area contributed by atoms with Crippen molar-refractivity contribution in [1.82, 2.24) is 5.32 Å². The Bertz CT molecular complexity index is 519. The summed E-state index contributed by atoms with van der Waals surface area (Å²) in [5.41, 5.74) is 1.05. The molecule has 20 heavy (non-hydrogen) atoms. The van der Waals surface area contributed by atoms with E-state index in [0.29, 0.717) is 29.1 Å². The molecule has 1 aromatic rings. The number of nitrogens with one attached hydrogen (secondary N) is 1. The molecule has 108 valence electrons. The summed E-state index contributed by atoms with van der Waals surface area (Å²) in [6.07, 6.45) is 3.90. The topological polar surface area (TPSA) is 64.4 Å². The van der Waals surface area contributed by atoms with Crippen LogP contribution in [0.5, 0.6) is 0 Å². The van der Waals surface area contributed by atoms with Gasteiger partial charge in [0.05, 0.1) is 15.5 Å². The fourth-order valence-electron chi connectivity index (χ4n) is 2.78. The van der Waals surface area contributed by atoms with E-state index < -0.39 is 0 Å². The first-order valence-corrected chi connectivity index (χ1v) is 7.72. The fourth-order valence-corrected chi connectivity index (χ4v) is 3.17. The lowest BCUT2D eigenvalue weighted by atomic mass is 10.1. The van der Waals surface area contributed by atoms with Gasteiger partial charge in [0, 0.05) is 25.3 Å². The van der Waals surface area contributed by atoms with Crippen molar-refractivity contribution >= 4 is 21.6 Å². The van der Waals surface area contributed by atoms with Crippen molar-refractivity contribution in [3.05, 3.63) is 38.3 Å². The minimum Gasteiger partial charge on any atom is -0.376 e. The maximum Gasteiger partial charge on any atom is 0.283 e. The molecule has 1 aromatic carbocycles. The minimum atomic E-state index is -0.362. The second kappa shape index (κ2) is 5.79. The Morgan fingerprint density at radius 1 is 1.40 bits per heavy atom. The molecule has 1 N–H and O–H groups in total. The van der Waals surface area contributed by atoms with E-state index in [4.69, 9.17) is 4.74 Å². The van der Waals surface area contributed by atoms with E-state index in [0.717, 1.165) is 18.6 Å². The number of halogens is 1. The number of ether oxygens (including phenoxy) is 1. The van der Waals surface area contributed by atoms with Crippen LogP contribution in [-0.4, -0.2) is 23.7 Å². The fraction of sp³-hybridized carbons (Fsp3) is 0.571. The van der Waals surface area contributed by atoms with Gasteiger partial charge in [-0.05, 0) is 52.7 Å². The van der Waals surface area contributed by atoms with Gasteiger partial charge in [-0.3, -0.25) is 10.1 Å². The molecule has 0 bridgehead atoms. The Morgan fingerprint density at radius 3 is 2.90 bits per heavy atom. The molecule has 5 nitrogen and oxygen atoms in total. The highest BCUT2D eigenvalue weighted by atomic mass is 79.9. The molecule has 2 aliphatic rings. The summed E-state index contributed by atoms with van der Waals surface area (Å²) in [4.78, 5) is 10.6. The van der Waals surface area contributed by atoms with Gasteiger partial charge in [0.15, 0.2) is 0 Å². The molecule has 2 atom stereocenters. The monoisotopic (exact) mass is 340 g/mol. The summed E-state index contributed by atoms with van der Waals surface area (Å²) in [7, 11) is 0. The van der Waals surface area contributed by atoms with Gasteiger partial charge in [0.2, 0.25) is 0 Å². The zero-order valence-electron chi connectivity index (χ0n) is 11.0. The third-order valence-electron chi connectivity index (χ3n) is 4.00. The third kappa shape index (κ3) is 3.02. The number of hydrogen-bond acceptors (Lipinski definition) is 4. The van der Waals surface area contributed by atoms with Crippen LogP contribution >= 0.6 is 15.9 Å². The van der Waals surface area contributed by atoms with Crippen LogP contribution in [0.4, 0.5) is 5.69 Å². The number of nitro benzene ring substituents is 1. The second-order valence-corrected chi connectivity index (χ2v) is 6.35. The van der Waals surface area contributed by atoms with Crippen molar-refractivity contribution < 1.29 is 9.66 Å². The zero-order valence-corrected chi connectivity index (χ0v) is 12.6. The Labute approximate surface area is 126 Å². The van der Waals surface area contributed by atoms with Gasteiger partial charge in [0.1, 0.15) is 0 Å². The van der Waals surface area contributed by atoms with Crippen LogP contribution in [0.25, 0.3) is 0 Å². The molecule has 6 heteroatoms. The molecular weight excluding hydrogens is 324 g/mol. The lowest BCUT2D eigenvalue weighted by molar-refractivity contribution is -0.385. The van der Waals surface area contributed by atoms with Gasteiger partial charge in [-0.1, -0.05) is 6.07 Å². The van der Waals surface area contributed by atoms with E-state index in [1.807, 2.05) is 6.07 Å². The van der Waals surface area contributed by atoms with Crippen molar-refractivity contribution in [1.29, 1.82) is 0 Å². The van der Waals surface area contributed by atoms with Gasteiger partial charge in [0.25, 0.3) is 5.69 Å². The van der Waals surface area contributed by atoms with E-state index in [-0.39, 0.29) is 10.6 Å². The average Bonchev–Trinajstić information content (AvgIpc) is 3.16. The predicted molar refractivity (Wildman–Crippen MR) is 78.5 cm³/mol. The molecule has 0 aromatic heterocycles. The SMILES string of the molecule is O=[N+]([O-])c1cc(CNC2CCOC2C2CC2)ccc1Br. The van der Waals surface area contributed by atoms with Crippen LogP contribution < -0.4 is 5.32 Å². The maximum absolute atomic E-state index is 10.9. The van der Waals surface area contributed by atoms with Crippen LogP contribution in [0.2, 0.25) is 0 Å². The zero-order chi connectivity index (χ0) is 14.1. The molecule has 1 aliphatic heterocycles. The molecule has 1 heterocycles. The summed E-state index contributed by atoms with van der Waals surface area (Å²) in [5, 5.41) is 14.4. The minimum absolute atomic E-state index is 0.116. The number of nitrogens with zero attached hydrogens (tertiary/aromatic N) is 1. The van der Waals surface area contributed by atoms with E-state index in [2.05, 4.69) is 21.2 Å². The second-order valence-electron chi connectivity index (χ2n) is 5.49. The first kappa shape index (κ1) is 14.0. The molecule has 2 unspecified atom stereocenters. The number of hydrogen-bond donors (Lipinski definition) is 1. The van der Waals surface area contributed by atoms with Gasteiger partial charge in [-0.2, -0.15) is 0 Å². The molecule has 3 rings (SSSR count). The van der Waals surface area contributed by atoms with Crippen LogP contribution in [0.15, 0.2) is 22.7 Å². The largest absolute Gasteiger partial charge is 0.376 e. The molecule has 1 aliphatic carbocycles. The normalized spacial score (nSPS) is 25.9. The van der Waals surface area contributed by atoms with Crippen LogP contribution in [-0.2, 0) is 11.3 Å². The number of benzene rings is 1. The molecule has 0 amide bonds. The first-order chi connectivity index (χ1) is 9.65. The lowest BCUT2D eigenvalue weighted by Crippen LogP contribution is -2.37. The molecule has 1 saturated heterocycles. The summed E-state index contributed by atoms with van der Waals surface area (Å²) in [6, 6.07) is 5.65. The predicted octanol–water partition coefficient (Wildman–Crippen LogP) is 3.01. The van der Waals surface area contributed by atoms with E-state index in [1.54, 1.807) is 12.1 Å². The molecule has 0 radical (unpaired) electrons. The Morgan fingerprint density at radius 2 is 2.20 bits per heavy atom. The Kier molecular flexibility index (Phi) is 4.05. The van der Waals surface area contributed by atoms with Gasteiger partial charge < -0.3 is 10.1 Å². The van der Waals surface area contributed by atoms with Crippen molar-refractivity contribution in [2.24, 2.45) is 5.92 Å². The standard InChI is InChI=1S/C14H17BrN2O3/c15-11-4-1-9(7-13(11)17(18)19)8-16-12-5-6-20-14(12)10-2-3-10/h1,4,7,10,12,14,16H,2-3,5-6,8H2. The smallest absolute Gasteiger partial charge is 0.283 e. The van der Waals surface area contributed by atoms with Crippen molar-refractivity contribution in [2.45, 2.75) is 38.0 Å². The summed E-state index contributed by atoms with van der Waals surface area (Å²) in [6.45, 7) is 1.46. The highest BCUT2D eigenvalue weighted by molar-refractivity contribution is 9.10. The van der Waals surface area contributed by atoms with E-state index in [1.165, 1.54) is 12.8 Å². The summed E-state index contributed by atoms with van der Waals surface area (Å²) in [5.74, 6) is 0.717. The first-order valence-electron chi connectivity index (χ1n) is 6.93. The highest BCUT2D eigenvalue weighted by Gasteiger charge is 2.40. The third-order valence-corrected chi connectivity index (χ3v) is 4.67. The van der Waals surface area contributed by atoms with Gasteiger partial charge >= 0.3 is 0 Å². The van der Waals surface area contributed by atoms with E-state index >= 15 is 0 Å². The van der Waals surface area contributed by atoms with Crippen molar-refractivity contribution in [2.75, 3.05) is 6.61 Å². The molecule has 1 saturated carbocycles. The number of nitro groups is 1. The maximum atomic E-state index is 10.9. The van der Waals surface area contributed by atoms with Crippen molar-refractivity contribution in [3.63, 3.8) is 0 Å². The molecule has 0 spiro atoms. The summed E-state index contributed by atoms with van der Waals surface area (Å²) >= 11 is 3.20. The molecule has 2 fully saturated rings. The van der Waals surface area contributed by atoms with Crippen LogP contribution in [0.3, 0.4) is 0 Å². The molecular formula is C14H17BrN2O3. The average molecular weight is 341 g/mol. The quantitative estimate of drug-likeness (QED) is 0.661. The van der Waals surface area contributed by atoms with Crippen LogP contribution in [0, 0.1) is 16.0 Å². The van der Waals surface area contributed by atoms with Gasteiger partial charge in [-0.15, -0.1) is 0 Å². The Balaban J connectivity index is 1.63. The van der Waals surface area contributed by atoms with Gasteiger partial charge in [-0.25, -0.2) is 0 Å². The summed E-state index contributed by atoms with van der Waals surface area (Å²) < 4.78 is 6.30. The lowest BCUT2D eigenvalue weighted by Gasteiger charge is -2.19. The van der Waals surface area contributed by atoms with E-state index in [9.17, 15) is 10.1 Å². The van der Waals surface area contributed by atoms with Crippen LogP contribution in [0.1, 0.15) is 24.8 Å². The Hall–Kier alpha value is -0.980. The highest BCUT2D eigenvalue weighted by Crippen LogP contribution is 2.38.